The maximum absolute atomic E-state index is 12.9. The minimum absolute atomic E-state index is 0.0757. The van der Waals surface area contributed by atoms with E-state index in [1.165, 1.54) is 205 Å². The maximum atomic E-state index is 12.9. The molecule has 0 aromatic heterocycles. The van der Waals surface area contributed by atoms with E-state index in [9.17, 15) is 14.4 Å². The van der Waals surface area contributed by atoms with Gasteiger partial charge in [-0.3, -0.25) is 14.4 Å². The van der Waals surface area contributed by atoms with E-state index >= 15 is 0 Å². The normalized spacial score (nSPS) is 12.7. The first-order valence-corrected chi connectivity index (χ1v) is 35.7. The summed E-state index contributed by atoms with van der Waals surface area (Å²) in [4.78, 5) is 38.3. The minimum atomic E-state index is -0.779. The zero-order valence-corrected chi connectivity index (χ0v) is 54.9. The van der Waals surface area contributed by atoms with Crippen LogP contribution in [0.4, 0.5) is 0 Å². The van der Waals surface area contributed by atoms with Crippen molar-refractivity contribution < 1.29 is 28.6 Å². The zero-order valence-electron chi connectivity index (χ0n) is 54.9. The van der Waals surface area contributed by atoms with Crippen molar-refractivity contribution in [2.24, 2.45) is 0 Å². The van der Waals surface area contributed by atoms with Crippen molar-refractivity contribution in [3.63, 3.8) is 0 Å². The molecule has 0 rings (SSSR count). The Kier molecular flexibility index (Phi) is 67.7. The van der Waals surface area contributed by atoms with E-state index in [4.69, 9.17) is 14.2 Å². The van der Waals surface area contributed by atoms with Crippen LogP contribution in [0.1, 0.15) is 355 Å². The molecule has 0 aromatic rings. The Labute approximate surface area is 515 Å². The number of ether oxygens (including phenoxy) is 3. The summed E-state index contributed by atoms with van der Waals surface area (Å²) in [5.74, 6) is -0.869. The molecule has 0 aliphatic heterocycles. The fourth-order valence-corrected chi connectivity index (χ4v) is 10.2. The molecular formula is C77H134O6. The van der Waals surface area contributed by atoms with Crippen molar-refractivity contribution in [3.8, 4) is 0 Å². The van der Waals surface area contributed by atoms with Crippen LogP contribution in [0.3, 0.4) is 0 Å². The molecule has 0 fully saturated rings. The van der Waals surface area contributed by atoms with Crippen LogP contribution in [-0.4, -0.2) is 37.2 Å². The van der Waals surface area contributed by atoms with Crippen LogP contribution in [0.5, 0.6) is 0 Å². The van der Waals surface area contributed by atoms with E-state index in [-0.39, 0.29) is 31.1 Å². The van der Waals surface area contributed by atoms with Gasteiger partial charge in [0.2, 0.25) is 0 Å². The molecule has 1 unspecified atom stereocenters. The number of carbonyl (C=O) groups excluding carboxylic acids is 3. The molecule has 6 nitrogen and oxygen atoms in total. The number of hydrogen-bond donors (Lipinski definition) is 0. The van der Waals surface area contributed by atoms with Crippen LogP contribution < -0.4 is 0 Å². The maximum Gasteiger partial charge on any atom is 0.306 e. The topological polar surface area (TPSA) is 78.9 Å². The number of rotatable bonds is 65. The molecule has 0 spiro atoms. The van der Waals surface area contributed by atoms with E-state index < -0.39 is 6.10 Å². The van der Waals surface area contributed by atoms with E-state index in [2.05, 4.69) is 118 Å². The van der Waals surface area contributed by atoms with Crippen LogP contribution in [0.15, 0.2) is 97.2 Å². The molecule has 1 atom stereocenters. The molecule has 0 saturated heterocycles. The molecule has 0 saturated carbocycles. The van der Waals surface area contributed by atoms with Gasteiger partial charge in [-0.1, -0.05) is 330 Å². The van der Waals surface area contributed by atoms with Crippen LogP contribution >= 0.6 is 0 Å². The molecule has 83 heavy (non-hydrogen) atoms. The Balaban J connectivity index is 4.12. The van der Waals surface area contributed by atoms with Gasteiger partial charge < -0.3 is 14.2 Å². The highest BCUT2D eigenvalue weighted by atomic mass is 16.6. The van der Waals surface area contributed by atoms with Crippen molar-refractivity contribution >= 4 is 17.9 Å². The SMILES string of the molecule is CC/C=C\C/C=C\C/C=C\C/C=C\C/C=C\CCCCCCCCCCCCCCCCCCCC(=O)OCC(COC(=O)CCCCCCCCCCC)OC(=O)CCCCCCCCCC/C=C\C/C=C\C/C=C\CCCCCCC. The molecule has 0 aromatic carbocycles. The van der Waals surface area contributed by atoms with Crippen molar-refractivity contribution in [2.75, 3.05) is 13.2 Å². The molecule has 0 heterocycles. The van der Waals surface area contributed by atoms with Gasteiger partial charge in [0, 0.05) is 19.3 Å². The average molecular weight is 1160 g/mol. The highest BCUT2D eigenvalue weighted by Gasteiger charge is 2.19. The first kappa shape index (κ1) is 79.3. The smallest absolute Gasteiger partial charge is 0.306 e. The molecule has 6 heteroatoms. The van der Waals surface area contributed by atoms with Gasteiger partial charge in [0.05, 0.1) is 0 Å². The molecular weight excluding hydrogens is 1020 g/mol. The predicted molar refractivity (Wildman–Crippen MR) is 362 cm³/mol. The van der Waals surface area contributed by atoms with Gasteiger partial charge in [-0.15, -0.1) is 0 Å². The van der Waals surface area contributed by atoms with Gasteiger partial charge in [0.25, 0.3) is 0 Å². The van der Waals surface area contributed by atoms with Crippen LogP contribution in [0.25, 0.3) is 0 Å². The standard InChI is InChI=1S/C77H134O6/c1-4-7-10-13-16-19-21-23-25-27-29-31-33-34-35-36-37-38-39-40-41-42-44-45-47-49-51-53-55-58-61-64-67-70-76(79)82-73-74(72-81-75(78)69-66-63-60-57-18-15-12-9-6-3)83-77(80)71-68-65-62-59-56-54-52-50-48-46-43-32-30-28-26-24-22-20-17-14-11-8-5-2/h7,10,16,19,22-25,28-31,34-35,43,46,74H,4-6,8-9,11-15,17-18,20-21,26-27,32-33,36-42,44-45,47-73H2,1-3H3/b10-7-,19-16-,24-22-,25-23-,30-28-,31-29-,35-34-,46-43-. The van der Waals surface area contributed by atoms with E-state index in [0.29, 0.717) is 19.3 Å². The second-order valence-corrected chi connectivity index (χ2v) is 23.8. The number of unbranched alkanes of at least 4 members (excludes halogenated alkanes) is 38. The Hall–Kier alpha value is -3.67. The Morgan fingerprint density at radius 3 is 0.735 bits per heavy atom. The second-order valence-electron chi connectivity index (χ2n) is 23.8. The van der Waals surface area contributed by atoms with Crippen molar-refractivity contribution in [3.05, 3.63) is 97.2 Å². The highest BCUT2D eigenvalue weighted by molar-refractivity contribution is 5.71. The Morgan fingerprint density at radius 2 is 0.470 bits per heavy atom. The molecule has 0 aliphatic carbocycles. The molecule has 0 bridgehead atoms. The quantitative estimate of drug-likeness (QED) is 0.0261. The van der Waals surface area contributed by atoms with E-state index in [1.54, 1.807) is 0 Å². The largest absolute Gasteiger partial charge is 0.462 e. The lowest BCUT2D eigenvalue weighted by Crippen LogP contribution is -2.30. The van der Waals surface area contributed by atoms with Gasteiger partial charge in [0.1, 0.15) is 13.2 Å². The van der Waals surface area contributed by atoms with Gasteiger partial charge >= 0.3 is 17.9 Å². The van der Waals surface area contributed by atoms with E-state index in [1.807, 2.05) is 0 Å². The lowest BCUT2D eigenvalue weighted by molar-refractivity contribution is -0.167. The molecule has 0 N–H and O–H groups in total. The molecule has 0 aliphatic rings. The number of hydrogen-bond acceptors (Lipinski definition) is 6. The summed E-state index contributed by atoms with van der Waals surface area (Å²) in [7, 11) is 0. The monoisotopic (exact) mass is 1160 g/mol. The first-order chi connectivity index (χ1) is 41.0. The van der Waals surface area contributed by atoms with Crippen molar-refractivity contribution in [2.45, 2.75) is 361 Å². The van der Waals surface area contributed by atoms with Gasteiger partial charge in [0.15, 0.2) is 6.10 Å². The lowest BCUT2D eigenvalue weighted by atomic mass is 10.0. The number of esters is 3. The third-order valence-corrected chi connectivity index (χ3v) is 15.6. The Morgan fingerprint density at radius 1 is 0.253 bits per heavy atom. The summed E-state index contributed by atoms with van der Waals surface area (Å²) in [6.45, 7) is 6.53. The summed E-state index contributed by atoms with van der Waals surface area (Å²) in [6, 6.07) is 0. The number of allylic oxidation sites excluding steroid dienone is 16. The third kappa shape index (κ3) is 69.0. The number of carbonyl (C=O) groups is 3. The summed E-state index contributed by atoms with van der Waals surface area (Å²) < 4.78 is 16.9. The zero-order chi connectivity index (χ0) is 59.9. The predicted octanol–water partition coefficient (Wildman–Crippen LogP) is 24.8. The average Bonchev–Trinajstić information content (AvgIpc) is 3.49. The summed E-state index contributed by atoms with van der Waals surface area (Å²) in [5.41, 5.74) is 0. The van der Waals surface area contributed by atoms with E-state index in [0.717, 1.165) is 109 Å². The van der Waals surface area contributed by atoms with Gasteiger partial charge in [-0.2, -0.15) is 0 Å². The van der Waals surface area contributed by atoms with Gasteiger partial charge in [-0.25, -0.2) is 0 Å². The second kappa shape index (κ2) is 70.8. The fourth-order valence-electron chi connectivity index (χ4n) is 10.2. The van der Waals surface area contributed by atoms with Crippen LogP contribution in [0, 0.1) is 0 Å². The summed E-state index contributed by atoms with van der Waals surface area (Å²) in [6.07, 6.45) is 95.9. The van der Waals surface area contributed by atoms with Crippen LogP contribution in [0.2, 0.25) is 0 Å². The van der Waals surface area contributed by atoms with Crippen molar-refractivity contribution in [1.82, 2.24) is 0 Å². The fraction of sp³-hybridized carbons (Fsp3) is 0.753. The third-order valence-electron chi connectivity index (χ3n) is 15.6. The molecule has 478 valence electrons. The van der Waals surface area contributed by atoms with Crippen LogP contribution in [-0.2, 0) is 28.6 Å². The first-order valence-electron chi connectivity index (χ1n) is 35.7. The highest BCUT2D eigenvalue weighted by Crippen LogP contribution is 2.17. The minimum Gasteiger partial charge on any atom is -0.462 e. The van der Waals surface area contributed by atoms with Crippen molar-refractivity contribution in [1.29, 1.82) is 0 Å². The summed E-state index contributed by atoms with van der Waals surface area (Å²) >= 11 is 0. The molecule has 0 radical (unpaired) electrons. The molecule has 0 amide bonds. The lowest BCUT2D eigenvalue weighted by Gasteiger charge is -2.18. The Bertz CT molecular complexity index is 1610. The summed E-state index contributed by atoms with van der Waals surface area (Å²) in [5, 5.41) is 0. The van der Waals surface area contributed by atoms with Gasteiger partial charge in [-0.05, 0) is 103 Å².